The van der Waals surface area contributed by atoms with Gasteiger partial charge in [0.15, 0.2) is 9.84 Å². The number of sulfone groups is 1. The van der Waals surface area contributed by atoms with Crippen molar-refractivity contribution in [2.45, 2.75) is 31.3 Å². The van der Waals surface area contributed by atoms with Crippen molar-refractivity contribution in [3.8, 4) is 0 Å². The second kappa shape index (κ2) is 6.24. The average molecular weight is 365 g/mol. The second-order valence-corrected chi connectivity index (χ2v) is 8.19. The van der Waals surface area contributed by atoms with E-state index in [-0.39, 0.29) is 22.8 Å². The van der Waals surface area contributed by atoms with Gasteiger partial charge in [-0.1, -0.05) is 0 Å². The fourth-order valence-electron chi connectivity index (χ4n) is 1.44. The van der Waals surface area contributed by atoms with Crippen LogP contribution in [0.2, 0.25) is 0 Å². The number of hydrogen-bond acceptors (Lipinski definition) is 4. The van der Waals surface area contributed by atoms with Crippen LogP contribution in [0.5, 0.6) is 0 Å². The Morgan fingerprint density at radius 3 is 2.45 bits per heavy atom. The van der Waals surface area contributed by atoms with Crippen molar-refractivity contribution in [3.63, 3.8) is 0 Å². The summed E-state index contributed by atoms with van der Waals surface area (Å²) >= 11 is 3.08. The fourth-order valence-corrected chi connectivity index (χ4v) is 2.96. The first-order chi connectivity index (χ1) is 9.03. The van der Waals surface area contributed by atoms with Gasteiger partial charge in [0.25, 0.3) is 0 Å². The summed E-state index contributed by atoms with van der Waals surface area (Å²) in [6.07, 6.45) is 0. The number of halogens is 1. The number of benzene rings is 1. The summed E-state index contributed by atoms with van der Waals surface area (Å²) in [6, 6.07) is 3.95. The highest BCUT2D eigenvalue weighted by molar-refractivity contribution is 9.10. The molecule has 0 aliphatic heterocycles. The molecule has 0 radical (unpaired) electrons. The van der Waals surface area contributed by atoms with Crippen LogP contribution >= 0.6 is 15.9 Å². The zero-order chi connectivity index (χ0) is 15.6. The molecule has 0 spiro atoms. The van der Waals surface area contributed by atoms with Crippen molar-refractivity contribution in [3.05, 3.63) is 28.2 Å². The van der Waals surface area contributed by atoms with E-state index in [0.717, 1.165) is 6.07 Å². The van der Waals surface area contributed by atoms with Crippen LogP contribution in [0.25, 0.3) is 0 Å². The third kappa shape index (κ3) is 4.88. The Bertz CT molecular complexity index is 602. The van der Waals surface area contributed by atoms with Crippen molar-refractivity contribution >= 4 is 31.7 Å². The monoisotopic (exact) mass is 364 g/mol. The minimum Gasteiger partial charge on any atom is -0.478 e. The lowest BCUT2D eigenvalue weighted by Gasteiger charge is -2.19. The predicted octanol–water partition coefficient (Wildman–Crippen LogP) is 2.74. The maximum absolute atomic E-state index is 12.1. The van der Waals surface area contributed by atoms with Gasteiger partial charge in [-0.15, -0.1) is 0 Å². The van der Waals surface area contributed by atoms with E-state index in [9.17, 15) is 13.2 Å². The van der Waals surface area contributed by atoms with Crippen LogP contribution < -0.4 is 0 Å². The van der Waals surface area contributed by atoms with E-state index < -0.39 is 21.4 Å². The van der Waals surface area contributed by atoms with Crippen LogP contribution in [-0.2, 0) is 14.6 Å². The van der Waals surface area contributed by atoms with E-state index in [4.69, 9.17) is 9.84 Å². The SMILES string of the molecule is CC(C)(C)OCCS(=O)(=O)c1ccc(Br)c(C(=O)O)c1. The average Bonchev–Trinajstić information content (AvgIpc) is 2.26. The van der Waals surface area contributed by atoms with E-state index in [1.165, 1.54) is 12.1 Å². The largest absolute Gasteiger partial charge is 0.478 e. The maximum Gasteiger partial charge on any atom is 0.336 e. The first-order valence-corrected chi connectivity index (χ1v) is 8.37. The van der Waals surface area contributed by atoms with Crippen molar-refractivity contribution in [1.29, 1.82) is 0 Å². The van der Waals surface area contributed by atoms with Crippen molar-refractivity contribution < 1.29 is 23.1 Å². The zero-order valence-corrected chi connectivity index (χ0v) is 13.9. The molecule has 1 aromatic carbocycles. The summed E-state index contributed by atoms with van der Waals surface area (Å²) in [5.74, 6) is -1.37. The van der Waals surface area contributed by atoms with Crippen molar-refractivity contribution in [2.24, 2.45) is 0 Å². The molecule has 1 rings (SSSR count). The lowest BCUT2D eigenvalue weighted by molar-refractivity contribution is 0.00644. The van der Waals surface area contributed by atoms with Gasteiger partial charge in [0.2, 0.25) is 0 Å². The first kappa shape index (κ1) is 17.1. The molecule has 0 saturated heterocycles. The highest BCUT2D eigenvalue weighted by atomic mass is 79.9. The van der Waals surface area contributed by atoms with Crippen LogP contribution in [0.3, 0.4) is 0 Å². The molecule has 5 nitrogen and oxygen atoms in total. The van der Waals surface area contributed by atoms with Crippen molar-refractivity contribution in [1.82, 2.24) is 0 Å². The van der Waals surface area contributed by atoms with Gasteiger partial charge in [0.1, 0.15) is 0 Å². The first-order valence-electron chi connectivity index (χ1n) is 5.92. The van der Waals surface area contributed by atoms with Crippen LogP contribution in [0.1, 0.15) is 31.1 Å². The zero-order valence-electron chi connectivity index (χ0n) is 11.5. The molecule has 1 aromatic rings. The molecule has 0 aliphatic carbocycles. The molecule has 0 aliphatic rings. The Hall–Kier alpha value is -0.920. The normalized spacial score (nSPS) is 12.4. The summed E-state index contributed by atoms with van der Waals surface area (Å²) in [4.78, 5) is 11.0. The van der Waals surface area contributed by atoms with Gasteiger partial charge in [0, 0.05) is 4.47 Å². The van der Waals surface area contributed by atoms with Gasteiger partial charge in [-0.2, -0.15) is 0 Å². The van der Waals surface area contributed by atoms with E-state index in [2.05, 4.69) is 15.9 Å². The van der Waals surface area contributed by atoms with Crippen LogP contribution in [-0.4, -0.2) is 37.5 Å². The molecule has 1 N–H and O–H groups in total. The van der Waals surface area contributed by atoms with Crippen molar-refractivity contribution in [2.75, 3.05) is 12.4 Å². The summed E-state index contributed by atoms with van der Waals surface area (Å²) in [6.45, 7) is 5.57. The quantitative estimate of drug-likeness (QED) is 0.868. The Morgan fingerprint density at radius 2 is 1.95 bits per heavy atom. The number of carboxylic acid groups (broad SMARTS) is 1. The number of carbonyl (C=O) groups is 1. The smallest absolute Gasteiger partial charge is 0.336 e. The van der Waals surface area contributed by atoms with Gasteiger partial charge in [0.05, 0.1) is 28.4 Å². The third-order valence-corrected chi connectivity index (χ3v) is 4.78. The number of hydrogen-bond donors (Lipinski definition) is 1. The van der Waals surface area contributed by atoms with Crippen LogP contribution in [0.15, 0.2) is 27.6 Å². The Labute approximate surface area is 127 Å². The molecule has 20 heavy (non-hydrogen) atoms. The van der Waals surface area contributed by atoms with Gasteiger partial charge >= 0.3 is 5.97 Å². The number of rotatable bonds is 5. The highest BCUT2D eigenvalue weighted by Crippen LogP contribution is 2.22. The topological polar surface area (TPSA) is 80.7 Å². The minimum absolute atomic E-state index is 0.0180. The molecule has 0 bridgehead atoms. The standard InChI is InChI=1S/C13H17BrO5S/c1-13(2,3)19-6-7-20(17,18)9-4-5-11(14)10(8-9)12(15)16/h4-5,8H,6-7H2,1-3H3,(H,15,16). The summed E-state index contributed by atoms with van der Waals surface area (Å²) in [5, 5.41) is 8.99. The molecule has 7 heteroatoms. The van der Waals surface area contributed by atoms with Crippen LogP contribution in [0.4, 0.5) is 0 Å². The minimum atomic E-state index is -3.56. The number of aromatic carboxylic acids is 1. The molecule has 0 atom stereocenters. The van der Waals surface area contributed by atoms with E-state index in [1.807, 2.05) is 20.8 Å². The highest BCUT2D eigenvalue weighted by Gasteiger charge is 2.20. The third-order valence-electron chi connectivity index (χ3n) is 2.41. The van der Waals surface area contributed by atoms with Crippen LogP contribution in [0, 0.1) is 0 Å². The van der Waals surface area contributed by atoms with E-state index >= 15 is 0 Å². The molecule has 0 unspecified atom stereocenters. The van der Waals surface area contributed by atoms with E-state index in [0.29, 0.717) is 4.47 Å². The number of carboxylic acids is 1. The summed E-state index contributed by atoms with van der Waals surface area (Å²) in [5.41, 5.74) is -0.496. The molecule has 0 aromatic heterocycles. The Kier molecular flexibility index (Phi) is 5.34. The molecule has 0 amide bonds. The molecular weight excluding hydrogens is 348 g/mol. The molecule has 0 fully saturated rings. The Balaban J connectivity index is 2.93. The van der Waals surface area contributed by atoms with Gasteiger partial charge in [-0.05, 0) is 54.9 Å². The van der Waals surface area contributed by atoms with Gasteiger partial charge in [-0.3, -0.25) is 0 Å². The number of ether oxygens (including phenoxy) is 1. The fraction of sp³-hybridized carbons (Fsp3) is 0.462. The molecule has 112 valence electrons. The summed E-state index contributed by atoms with van der Waals surface area (Å²) in [7, 11) is -3.56. The lowest BCUT2D eigenvalue weighted by atomic mass is 10.2. The van der Waals surface area contributed by atoms with E-state index in [1.54, 1.807) is 0 Å². The lowest BCUT2D eigenvalue weighted by Crippen LogP contribution is -2.23. The van der Waals surface area contributed by atoms with Gasteiger partial charge in [-0.25, -0.2) is 13.2 Å². The van der Waals surface area contributed by atoms with Gasteiger partial charge < -0.3 is 9.84 Å². The Morgan fingerprint density at radius 1 is 1.35 bits per heavy atom. The maximum atomic E-state index is 12.1. The second-order valence-electron chi connectivity index (χ2n) is 5.23. The predicted molar refractivity (Wildman–Crippen MR) is 78.9 cm³/mol. The molecule has 0 heterocycles. The molecular formula is C13H17BrO5S. The summed E-state index contributed by atoms with van der Waals surface area (Å²) < 4.78 is 30.0. The molecule has 0 saturated carbocycles.